The lowest BCUT2D eigenvalue weighted by molar-refractivity contribution is -0.384. The van der Waals surface area contributed by atoms with E-state index in [0.29, 0.717) is 27.7 Å². The number of aryl methyl sites for hydroxylation is 2. The number of nitro benzene ring substituents is 1. The van der Waals surface area contributed by atoms with Crippen LogP contribution in [0.15, 0.2) is 72.8 Å². The standard InChI is InChI=1S/C25H20N2O4/c1-16-10-11-19(12-17(16)2)24-14-22(21-8-3-4-9-23(21)26-24)25(28)31-15-18-6-5-7-20(13-18)27(29)30/h3-14H,15H2,1-2H3. The number of pyridine rings is 1. The molecule has 0 N–H and O–H groups in total. The lowest BCUT2D eigenvalue weighted by Gasteiger charge is -2.11. The molecule has 0 spiro atoms. The summed E-state index contributed by atoms with van der Waals surface area (Å²) in [7, 11) is 0. The number of fused-ring (bicyclic) bond motifs is 1. The van der Waals surface area contributed by atoms with Crippen molar-refractivity contribution in [2.75, 3.05) is 0 Å². The van der Waals surface area contributed by atoms with Crippen molar-refractivity contribution >= 4 is 22.6 Å². The van der Waals surface area contributed by atoms with Gasteiger partial charge in [0.2, 0.25) is 0 Å². The van der Waals surface area contributed by atoms with Crippen molar-refractivity contribution in [2.24, 2.45) is 0 Å². The summed E-state index contributed by atoms with van der Waals surface area (Å²) in [4.78, 5) is 28.2. The van der Waals surface area contributed by atoms with E-state index in [2.05, 4.69) is 0 Å². The van der Waals surface area contributed by atoms with E-state index in [1.807, 2.05) is 56.3 Å². The molecule has 0 aliphatic heterocycles. The summed E-state index contributed by atoms with van der Waals surface area (Å²) in [5.74, 6) is -0.504. The molecule has 0 atom stereocenters. The van der Waals surface area contributed by atoms with Gasteiger partial charge in [-0.2, -0.15) is 0 Å². The van der Waals surface area contributed by atoms with Crippen LogP contribution in [0.3, 0.4) is 0 Å². The van der Waals surface area contributed by atoms with E-state index in [1.54, 1.807) is 18.2 Å². The van der Waals surface area contributed by atoms with Crippen molar-refractivity contribution in [1.29, 1.82) is 0 Å². The Balaban J connectivity index is 1.68. The fourth-order valence-corrected chi connectivity index (χ4v) is 3.38. The first-order chi connectivity index (χ1) is 14.9. The summed E-state index contributed by atoms with van der Waals surface area (Å²) in [5.41, 5.74) is 5.54. The second kappa shape index (κ2) is 8.36. The van der Waals surface area contributed by atoms with Crippen LogP contribution in [0.4, 0.5) is 5.69 Å². The Bertz CT molecular complexity index is 1310. The zero-order chi connectivity index (χ0) is 22.0. The number of para-hydroxylation sites is 1. The van der Waals surface area contributed by atoms with E-state index in [4.69, 9.17) is 9.72 Å². The summed E-state index contributed by atoms with van der Waals surface area (Å²) >= 11 is 0. The van der Waals surface area contributed by atoms with Crippen molar-refractivity contribution in [2.45, 2.75) is 20.5 Å². The zero-order valence-electron chi connectivity index (χ0n) is 17.2. The maximum Gasteiger partial charge on any atom is 0.339 e. The number of esters is 1. The van der Waals surface area contributed by atoms with Crippen molar-refractivity contribution in [1.82, 2.24) is 4.98 Å². The minimum Gasteiger partial charge on any atom is -0.457 e. The normalized spacial score (nSPS) is 10.8. The van der Waals surface area contributed by atoms with Gasteiger partial charge in [0.05, 0.1) is 21.7 Å². The molecule has 0 unspecified atom stereocenters. The van der Waals surface area contributed by atoms with Gasteiger partial charge in [0.25, 0.3) is 5.69 Å². The van der Waals surface area contributed by atoms with E-state index in [9.17, 15) is 14.9 Å². The SMILES string of the molecule is Cc1ccc(-c2cc(C(=O)OCc3cccc([N+](=O)[O-])c3)c3ccccc3n2)cc1C. The van der Waals surface area contributed by atoms with Gasteiger partial charge in [-0.1, -0.05) is 42.5 Å². The molecule has 3 aromatic carbocycles. The summed E-state index contributed by atoms with van der Waals surface area (Å²) < 4.78 is 5.50. The van der Waals surface area contributed by atoms with Crippen LogP contribution >= 0.6 is 0 Å². The van der Waals surface area contributed by atoms with Crippen molar-refractivity contribution in [3.8, 4) is 11.3 Å². The number of carbonyl (C=O) groups is 1. The molecule has 6 heteroatoms. The number of non-ortho nitro benzene ring substituents is 1. The van der Waals surface area contributed by atoms with Gasteiger partial charge < -0.3 is 4.74 Å². The molecule has 0 aliphatic rings. The quantitative estimate of drug-likeness (QED) is 0.236. The number of hydrogen-bond donors (Lipinski definition) is 0. The minimum absolute atomic E-state index is 0.0417. The zero-order valence-corrected chi connectivity index (χ0v) is 17.2. The van der Waals surface area contributed by atoms with E-state index < -0.39 is 10.9 Å². The van der Waals surface area contributed by atoms with Crippen LogP contribution in [0.1, 0.15) is 27.0 Å². The fraction of sp³-hybridized carbons (Fsp3) is 0.120. The van der Waals surface area contributed by atoms with Gasteiger partial charge >= 0.3 is 5.97 Å². The van der Waals surface area contributed by atoms with E-state index >= 15 is 0 Å². The molecule has 6 nitrogen and oxygen atoms in total. The number of ether oxygens (including phenoxy) is 1. The van der Waals surface area contributed by atoms with Crippen LogP contribution in [0, 0.1) is 24.0 Å². The number of benzene rings is 3. The van der Waals surface area contributed by atoms with Gasteiger partial charge in [-0.05, 0) is 48.7 Å². The molecule has 4 aromatic rings. The van der Waals surface area contributed by atoms with Crippen LogP contribution in [0.25, 0.3) is 22.2 Å². The molecular weight excluding hydrogens is 392 g/mol. The Hall–Kier alpha value is -4.06. The van der Waals surface area contributed by atoms with Crippen molar-refractivity contribution < 1.29 is 14.5 Å². The molecular formula is C25H20N2O4. The Morgan fingerprint density at radius 3 is 2.55 bits per heavy atom. The highest BCUT2D eigenvalue weighted by atomic mass is 16.6. The largest absolute Gasteiger partial charge is 0.457 e. The second-order valence-electron chi connectivity index (χ2n) is 7.37. The van der Waals surface area contributed by atoms with Crippen LogP contribution in [0.5, 0.6) is 0 Å². The Morgan fingerprint density at radius 1 is 0.968 bits per heavy atom. The smallest absolute Gasteiger partial charge is 0.339 e. The third-order valence-corrected chi connectivity index (χ3v) is 5.23. The van der Waals surface area contributed by atoms with Gasteiger partial charge in [-0.15, -0.1) is 0 Å². The highest BCUT2D eigenvalue weighted by molar-refractivity contribution is 6.04. The molecule has 0 saturated carbocycles. The molecule has 31 heavy (non-hydrogen) atoms. The van der Waals surface area contributed by atoms with Gasteiger partial charge in [-0.3, -0.25) is 10.1 Å². The Morgan fingerprint density at radius 2 is 1.77 bits per heavy atom. The summed E-state index contributed by atoms with van der Waals surface area (Å²) in [5, 5.41) is 11.7. The van der Waals surface area contributed by atoms with E-state index in [1.165, 1.54) is 17.7 Å². The van der Waals surface area contributed by atoms with E-state index in [0.717, 1.165) is 11.1 Å². The third kappa shape index (κ3) is 4.28. The monoisotopic (exact) mass is 412 g/mol. The van der Waals surface area contributed by atoms with Gasteiger partial charge in [0, 0.05) is 23.1 Å². The molecule has 0 fully saturated rings. The number of nitrogens with zero attached hydrogens (tertiary/aromatic N) is 2. The molecule has 1 heterocycles. The maximum absolute atomic E-state index is 13.0. The number of aromatic nitrogens is 1. The van der Waals surface area contributed by atoms with Crippen molar-refractivity contribution in [3.63, 3.8) is 0 Å². The predicted molar refractivity (Wildman–Crippen MR) is 119 cm³/mol. The fourth-order valence-electron chi connectivity index (χ4n) is 3.38. The topological polar surface area (TPSA) is 82.3 Å². The van der Waals surface area contributed by atoms with Gasteiger partial charge in [0.15, 0.2) is 0 Å². The first kappa shape index (κ1) is 20.2. The lowest BCUT2D eigenvalue weighted by Crippen LogP contribution is -2.07. The Labute approximate surface area is 179 Å². The Kier molecular flexibility index (Phi) is 5.45. The van der Waals surface area contributed by atoms with Gasteiger partial charge in [0.1, 0.15) is 6.61 Å². The summed E-state index contributed by atoms with van der Waals surface area (Å²) in [6.45, 7) is 4.02. The summed E-state index contributed by atoms with van der Waals surface area (Å²) in [6, 6.07) is 21.3. The number of nitro groups is 1. The van der Waals surface area contributed by atoms with Crippen LogP contribution in [-0.2, 0) is 11.3 Å². The first-order valence-corrected chi connectivity index (χ1v) is 9.80. The van der Waals surface area contributed by atoms with Crippen LogP contribution in [-0.4, -0.2) is 15.9 Å². The number of carbonyl (C=O) groups excluding carboxylic acids is 1. The first-order valence-electron chi connectivity index (χ1n) is 9.80. The molecule has 0 bridgehead atoms. The minimum atomic E-state index is -0.504. The number of rotatable bonds is 5. The average molecular weight is 412 g/mol. The summed E-state index contributed by atoms with van der Waals surface area (Å²) in [6.07, 6.45) is 0. The third-order valence-electron chi connectivity index (χ3n) is 5.23. The highest BCUT2D eigenvalue weighted by Crippen LogP contribution is 2.27. The molecule has 0 saturated heterocycles. The van der Waals surface area contributed by atoms with Crippen LogP contribution in [0.2, 0.25) is 0 Å². The predicted octanol–water partition coefficient (Wildman–Crippen LogP) is 5.78. The lowest BCUT2D eigenvalue weighted by atomic mass is 10.0. The molecule has 4 rings (SSSR count). The van der Waals surface area contributed by atoms with Crippen molar-refractivity contribution in [3.05, 3.63) is 105 Å². The van der Waals surface area contributed by atoms with Gasteiger partial charge in [-0.25, -0.2) is 9.78 Å². The second-order valence-corrected chi connectivity index (χ2v) is 7.37. The maximum atomic E-state index is 13.0. The molecule has 0 radical (unpaired) electrons. The molecule has 0 amide bonds. The number of hydrogen-bond acceptors (Lipinski definition) is 5. The van der Waals surface area contributed by atoms with E-state index in [-0.39, 0.29) is 12.3 Å². The molecule has 0 aliphatic carbocycles. The average Bonchev–Trinajstić information content (AvgIpc) is 2.78. The molecule has 1 aromatic heterocycles. The van der Waals surface area contributed by atoms with Crippen LogP contribution < -0.4 is 0 Å². The molecule has 154 valence electrons. The highest BCUT2D eigenvalue weighted by Gasteiger charge is 2.16.